The molecule has 3 rings (SSSR count). The van der Waals surface area contributed by atoms with Crippen LogP contribution in [0.25, 0.3) is 0 Å². The van der Waals surface area contributed by atoms with E-state index in [0.29, 0.717) is 0 Å². The van der Waals surface area contributed by atoms with Gasteiger partial charge in [0.2, 0.25) is 0 Å². The molecule has 1 aliphatic heterocycles. The van der Waals surface area contributed by atoms with Gasteiger partial charge >= 0.3 is 0 Å². The largest absolute Gasteiger partial charge is 0.489 e. The smallest absolute Gasteiger partial charge is 0.123 e. The highest BCUT2D eigenvalue weighted by atomic mass is 16.5. The highest BCUT2D eigenvalue weighted by Crippen LogP contribution is 2.38. The molecule has 0 fully saturated rings. The molecule has 0 aromatic heterocycles. The number of para-hydroxylation sites is 1. The molecule has 1 nitrogen and oxygen atoms in total. The zero-order valence-corrected chi connectivity index (χ0v) is 12.5. The van der Waals surface area contributed by atoms with E-state index in [9.17, 15) is 0 Å². The lowest BCUT2D eigenvalue weighted by Crippen LogP contribution is -2.35. The first kappa shape index (κ1) is 13.2. The van der Waals surface area contributed by atoms with Crippen LogP contribution in [0.3, 0.4) is 0 Å². The van der Waals surface area contributed by atoms with Crippen molar-refractivity contribution in [2.24, 2.45) is 5.41 Å². The lowest BCUT2D eigenvalue weighted by molar-refractivity contribution is 0.0935. The summed E-state index contributed by atoms with van der Waals surface area (Å²) in [5, 5.41) is 0. The zero-order chi connectivity index (χ0) is 14.2. The van der Waals surface area contributed by atoms with Gasteiger partial charge in [0, 0.05) is 11.8 Å². The summed E-state index contributed by atoms with van der Waals surface area (Å²) in [6, 6.07) is 17.3. The van der Waals surface area contributed by atoms with E-state index in [4.69, 9.17) is 4.74 Å². The van der Waals surface area contributed by atoms with Crippen LogP contribution >= 0.6 is 0 Å². The second-order valence-electron chi connectivity index (χ2n) is 6.57. The molecule has 0 N–H and O–H groups in total. The zero-order valence-electron chi connectivity index (χ0n) is 12.5. The molecule has 1 heteroatoms. The summed E-state index contributed by atoms with van der Waals surface area (Å²) in [7, 11) is 0. The molecule has 2 aromatic carbocycles. The molecule has 0 bridgehead atoms. The SMILES string of the molecule is Cc1ccc(CC(C)(C)[C@H]2Cc3ccccc3O2)cc1. The third-order valence-corrected chi connectivity index (χ3v) is 4.30. The molecule has 1 heterocycles. The van der Waals surface area contributed by atoms with Gasteiger partial charge in [-0.2, -0.15) is 0 Å². The summed E-state index contributed by atoms with van der Waals surface area (Å²) in [5.41, 5.74) is 4.18. The summed E-state index contributed by atoms with van der Waals surface area (Å²) < 4.78 is 6.17. The first-order valence-electron chi connectivity index (χ1n) is 7.35. The molecule has 0 saturated heterocycles. The van der Waals surface area contributed by atoms with Crippen molar-refractivity contribution in [2.45, 2.75) is 39.7 Å². The summed E-state index contributed by atoms with van der Waals surface area (Å²) in [5.74, 6) is 1.06. The fourth-order valence-electron chi connectivity index (χ4n) is 2.96. The minimum absolute atomic E-state index is 0.133. The summed E-state index contributed by atoms with van der Waals surface area (Å²) in [6.45, 7) is 6.75. The fraction of sp³-hybridized carbons (Fsp3) is 0.368. The molecule has 0 aliphatic carbocycles. The van der Waals surface area contributed by atoms with Gasteiger partial charge in [0.1, 0.15) is 11.9 Å². The van der Waals surface area contributed by atoms with E-state index in [2.05, 4.69) is 63.2 Å². The van der Waals surface area contributed by atoms with Gasteiger partial charge in [-0.3, -0.25) is 0 Å². The van der Waals surface area contributed by atoms with Gasteiger partial charge in [0.25, 0.3) is 0 Å². The van der Waals surface area contributed by atoms with Crippen LogP contribution in [0.1, 0.15) is 30.5 Å². The monoisotopic (exact) mass is 266 g/mol. The van der Waals surface area contributed by atoms with Crippen LogP contribution in [-0.2, 0) is 12.8 Å². The highest BCUT2D eigenvalue weighted by Gasteiger charge is 2.36. The molecule has 0 saturated carbocycles. The van der Waals surface area contributed by atoms with Crippen LogP contribution in [0, 0.1) is 12.3 Å². The molecule has 0 radical (unpaired) electrons. The van der Waals surface area contributed by atoms with E-state index >= 15 is 0 Å². The average Bonchev–Trinajstić information content (AvgIpc) is 2.86. The highest BCUT2D eigenvalue weighted by molar-refractivity contribution is 5.38. The van der Waals surface area contributed by atoms with E-state index in [0.717, 1.165) is 18.6 Å². The molecule has 2 aromatic rings. The summed E-state index contributed by atoms with van der Waals surface area (Å²) >= 11 is 0. The van der Waals surface area contributed by atoms with Gasteiger partial charge in [0.05, 0.1) is 0 Å². The van der Waals surface area contributed by atoms with Crippen LogP contribution < -0.4 is 4.74 Å². The van der Waals surface area contributed by atoms with Crippen LogP contribution in [0.4, 0.5) is 0 Å². The number of hydrogen-bond acceptors (Lipinski definition) is 1. The first-order chi connectivity index (χ1) is 9.54. The second kappa shape index (κ2) is 4.97. The van der Waals surface area contributed by atoms with Crippen molar-refractivity contribution in [1.29, 1.82) is 0 Å². The van der Waals surface area contributed by atoms with Crippen molar-refractivity contribution in [3.63, 3.8) is 0 Å². The molecule has 0 amide bonds. The number of hydrogen-bond donors (Lipinski definition) is 0. The van der Waals surface area contributed by atoms with Gasteiger partial charge in [-0.25, -0.2) is 0 Å². The van der Waals surface area contributed by atoms with Gasteiger partial charge in [-0.15, -0.1) is 0 Å². The molecular weight excluding hydrogens is 244 g/mol. The van der Waals surface area contributed by atoms with E-state index in [1.54, 1.807) is 0 Å². The van der Waals surface area contributed by atoms with Crippen LogP contribution in [0.15, 0.2) is 48.5 Å². The molecule has 1 atom stereocenters. The number of benzene rings is 2. The van der Waals surface area contributed by atoms with E-state index < -0.39 is 0 Å². The number of aryl methyl sites for hydroxylation is 1. The lowest BCUT2D eigenvalue weighted by atomic mass is 9.79. The Balaban J connectivity index is 1.75. The van der Waals surface area contributed by atoms with Crippen molar-refractivity contribution in [2.75, 3.05) is 0 Å². The predicted octanol–water partition coefficient (Wildman–Crippen LogP) is 4.57. The number of rotatable bonds is 3. The van der Waals surface area contributed by atoms with E-state index in [1.807, 2.05) is 6.07 Å². The minimum Gasteiger partial charge on any atom is -0.489 e. The molecule has 0 spiro atoms. The fourth-order valence-corrected chi connectivity index (χ4v) is 2.96. The summed E-state index contributed by atoms with van der Waals surface area (Å²) in [6.07, 6.45) is 2.34. The Bertz CT molecular complexity index is 570. The molecule has 20 heavy (non-hydrogen) atoms. The third kappa shape index (κ3) is 2.58. The Morgan fingerprint density at radius 3 is 2.45 bits per heavy atom. The topological polar surface area (TPSA) is 9.23 Å². The maximum atomic E-state index is 6.17. The Morgan fingerprint density at radius 1 is 1.05 bits per heavy atom. The number of fused-ring (bicyclic) bond motifs is 1. The molecular formula is C19H22O. The maximum absolute atomic E-state index is 6.17. The first-order valence-corrected chi connectivity index (χ1v) is 7.35. The normalized spacial score (nSPS) is 17.6. The van der Waals surface area contributed by atoms with Gasteiger partial charge in [-0.05, 0) is 30.5 Å². The maximum Gasteiger partial charge on any atom is 0.123 e. The Kier molecular flexibility index (Phi) is 3.29. The van der Waals surface area contributed by atoms with E-state index in [1.165, 1.54) is 16.7 Å². The van der Waals surface area contributed by atoms with Crippen molar-refractivity contribution < 1.29 is 4.74 Å². The van der Waals surface area contributed by atoms with Gasteiger partial charge in [-0.1, -0.05) is 61.9 Å². The van der Waals surface area contributed by atoms with Crippen LogP contribution in [0.5, 0.6) is 5.75 Å². The third-order valence-electron chi connectivity index (χ3n) is 4.30. The molecule has 0 unspecified atom stereocenters. The van der Waals surface area contributed by atoms with Crippen molar-refractivity contribution in [3.05, 3.63) is 65.2 Å². The number of ether oxygens (including phenoxy) is 1. The average molecular weight is 266 g/mol. The Hall–Kier alpha value is -1.76. The second-order valence-corrected chi connectivity index (χ2v) is 6.57. The van der Waals surface area contributed by atoms with Crippen LogP contribution in [0.2, 0.25) is 0 Å². The summed E-state index contributed by atoms with van der Waals surface area (Å²) in [4.78, 5) is 0. The quantitative estimate of drug-likeness (QED) is 0.791. The van der Waals surface area contributed by atoms with Crippen molar-refractivity contribution in [1.82, 2.24) is 0 Å². The standard InChI is InChI=1S/C19H22O/c1-14-8-10-15(11-9-14)13-19(2,3)18-12-16-6-4-5-7-17(16)20-18/h4-11,18H,12-13H2,1-3H3/t18-/m1/s1. The lowest BCUT2D eigenvalue weighted by Gasteiger charge is -2.31. The molecule has 104 valence electrons. The Morgan fingerprint density at radius 2 is 1.75 bits per heavy atom. The van der Waals surface area contributed by atoms with Crippen molar-refractivity contribution >= 4 is 0 Å². The van der Waals surface area contributed by atoms with Gasteiger partial charge < -0.3 is 4.74 Å². The minimum atomic E-state index is 0.133. The van der Waals surface area contributed by atoms with Gasteiger partial charge in [0.15, 0.2) is 0 Å². The van der Waals surface area contributed by atoms with Crippen molar-refractivity contribution in [3.8, 4) is 5.75 Å². The Labute approximate surface area is 121 Å². The van der Waals surface area contributed by atoms with E-state index in [-0.39, 0.29) is 11.5 Å². The molecule has 1 aliphatic rings. The van der Waals surface area contributed by atoms with Crippen LogP contribution in [-0.4, -0.2) is 6.10 Å². The predicted molar refractivity (Wildman–Crippen MR) is 83.2 cm³/mol.